The lowest BCUT2D eigenvalue weighted by Gasteiger charge is -2.25. The van der Waals surface area contributed by atoms with Gasteiger partial charge >= 0.3 is 0 Å². The molecule has 0 spiro atoms. The third-order valence-corrected chi connectivity index (χ3v) is 3.82. The SMILES string of the molecule is CN(CC(Cl)=C1CCN(O)CC1)Cc1ccccc1. The maximum atomic E-state index is 9.34. The number of piperidine rings is 1. The van der Waals surface area contributed by atoms with Crippen molar-refractivity contribution in [2.24, 2.45) is 0 Å². The summed E-state index contributed by atoms with van der Waals surface area (Å²) in [6.45, 7) is 3.05. The molecule has 1 saturated heterocycles. The summed E-state index contributed by atoms with van der Waals surface area (Å²) in [4.78, 5) is 2.22. The zero-order valence-electron chi connectivity index (χ0n) is 11.3. The van der Waals surface area contributed by atoms with Crippen LogP contribution < -0.4 is 0 Å². The van der Waals surface area contributed by atoms with E-state index in [1.54, 1.807) is 0 Å². The average molecular weight is 281 g/mol. The van der Waals surface area contributed by atoms with Crippen molar-refractivity contribution in [1.29, 1.82) is 0 Å². The zero-order valence-corrected chi connectivity index (χ0v) is 12.1. The summed E-state index contributed by atoms with van der Waals surface area (Å²) in [5.74, 6) is 0. The van der Waals surface area contributed by atoms with E-state index >= 15 is 0 Å². The molecule has 19 heavy (non-hydrogen) atoms. The minimum atomic E-state index is 0.688. The van der Waals surface area contributed by atoms with Crippen LogP contribution in [-0.2, 0) is 6.54 Å². The standard InChI is InChI=1S/C15H21ClN2O/c1-17(11-13-5-3-2-4-6-13)12-15(16)14-7-9-18(19)10-8-14/h2-6,19H,7-12H2,1H3. The molecule has 4 heteroatoms. The molecule has 104 valence electrons. The Morgan fingerprint density at radius 3 is 2.53 bits per heavy atom. The molecule has 0 bridgehead atoms. The Hall–Kier alpha value is -0.870. The van der Waals surface area contributed by atoms with Gasteiger partial charge in [0.15, 0.2) is 0 Å². The van der Waals surface area contributed by atoms with Crippen molar-refractivity contribution in [1.82, 2.24) is 9.96 Å². The summed E-state index contributed by atoms with van der Waals surface area (Å²) in [5, 5.41) is 11.6. The van der Waals surface area contributed by atoms with Gasteiger partial charge in [-0.15, -0.1) is 0 Å². The number of hydrogen-bond acceptors (Lipinski definition) is 3. The summed E-state index contributed by atoms with van der Waals surface area (Å²) in [6.07, 6.45) is 1.74. The third-order valence-electron chi connectivity index (χ3n) is 3.43. The highest BCUT2D eigenvalue weighted by molar-refractivity contribution is 6.30. The lowest BCUT2D eigenvalue weighted by atomic mass is 10.0. The topological polar surface area (TPSA) is 26.7 Å². The average Bonchev–Trinajstić information content (AvgIpc) is 2.40. The Bertz CT molecular complexity index is 423. The molecule has 1 aromatic carbocycles. The molecule has 1 aliphatic heterocycles. The van der Waals surface area contributed by atoms with Gasteiger partial charge < -0.3 is 5.21 Å². The molecular formula is C15H21ClN2O. The number of nitrogens with zero attached hydrogens (tertiary/aromatic N) is 2. The van der Waals surface area contributed by atoms with E-state index in [9.17, 15) is 5.21 Å². The molecule has 0 radical (unpaired) electrons. The second-order valence-electron chi connectivity index (χ2n) is 5.12. The third kappa shape index (κ3) is 4.62. The molecule has 0 saturated carbocycles. The predicted molar refractivity (Wildman–Crippen MR) is 78.2 cm³/mol. The minimum Gasteiger partial charge on any atom is -0.314 e. The highest BCUT2D eigenvalue weighted by Crippen LogP contribution is 2.22. The van der Waals surface area contributed by atoms with Gasteiger partial charge in [-0.1, -0.05) is 47.5 Å². The van der Waals surface area contributed by atoms with Crippen molar-refractivity contribution in [3.05, 3.63) is 46.5 Å². The van der Waals surface area contributed by atoms with Crippen molar-refractivity contribution < 1.29 is 5.21 Å². The van der Waals surface area contributed by atoms with Gasteiger partial charge in [0.1, 0.15) is 0 Å². The van der Waals surface area contributed by atoms with Crippen molar-refractivity contribution in [2.75, 3.05) is 26.7 Å². The van der Waals surface area contributed by atoms with E-state index in [0.717, 1.165) is 31.0 Å². The number of hydroxylamine groups is 2. The van der Waals surface area contributed by atoms with Crippen LogP contribution >= 0.6 is 11.6 Å². The number of likely N-dealkylation sites (N-methyl/N-ethyl adjacent to an activating group) is 1. The smallest absolute Gasteiger partial charge is 0.0341 e. The monoisotopic (exact) mass is 280 g/mol. The maximum absolute atomic E-state index is 9.34. The normalized spacial score (nSPS) is 16.9. The van der Waals surface area contributed by atoms with Gasteiger partial charge in [0.2, 0.25) is 0 Å². The highest BCUT2D eigenvalue weighted by atomic mass is 35.5. The van der Waals surface area contributed by atoms with Crippen LogP contribution in [-0.4, -0.2) is 41.9 Å². The number of benzene rings is 1. The Balaban J connectivity index is 1.88. The first-order valence-corrected chi connectivity index (χ1v) is 7.05. The molecule has 0 aromatic heterocycles. The largest absolute Gasteiger partial charge is 0.314 e. The van der Waals surface area contributed by atoms with Crippen molar-refractivity contribution in [3.8, 4) is 0 Å². The maximum Gasteiger partial charge on any atom is 0.0341 e. The minimum absolute atomic E-state index is 0.688. The molecule has 0 aliphatic carbocycles. The molecular weight excluding hydrogens is 260 g/mol. The Kier molecular flexibility index (Phi) is 5.40. The van der Waals surface area contributed by atoms with Crippen LogP contribution in [0.5, 0.6) is 0 Å². The lowest BCUT2D eigenvalue weighted by molar-refractivity contribution is -0.0960. The van der Waals surface area contributed by atoms with Gasteiger partial charge in [-0.05, 0) is 25.5 Å². The molecule has 1 heterocycles. The molecule has 1 fully saturated rings. The van der Waals surface area contributed by atoms with E-state index in [-0.39, 0.29) is 0 Å². The molecule has 0 unspecified atom stereocenters. The lowest BCUT2D eigenvalue weighted by Crippen LogP contribution is -2.28. The molecule has 0 amide bonds. The predicted octanol–water partition coefficient (Wildman–Crippen LogP) is 3.10. The Morgan fingerprint density at radius 2 is 1.89 bits per heavy atom. The van der Waals surface area contributed by atoms with Crippen molar-refractivity contribution in [3.63, 3.8) is 0 Å². The quantitative estimate of drug-likeness (QED) is 0.918. The Labute approximate surface area is 120 Å². The number of rotatable bonds is 4. The van der Waals surface area contributed by atoms with Gasteiger partial charge in [0.05, 0.1) is 0 Å². The summed E-state index contributed by atoms with van der Waals surface area (Å²) in [7, 11) is 2.08. The first-order valence-electron chi connectivity index (χ1n) is 6.68. The van der Waals surface area contributed by atoms with E-state index in [0.29, 0.717) is 13.1 Å². The van der Waals surface area contributed by atoms with Gasteiger partial charge in [0.25, 0.3) is 0 Å². The number of hydrogen-bond donors (Lipinski definition) is 1. The summed E-state index contributed by atoms with van der Waals surface area (Å²) < 4.78 is 0. The van der Waals surface area contributed by atoms with Crippen molar-refractivity contribution >= 4 is 11.6 Å². The second kappa shape index (κ2) is 7.06. The molecule has 0 atom stereocenters. The van der Waals surface area contributed by atoms with E-state index in [2.05, 4.69) is 36.2 Å². The van der Waals surface area contributed by atoms with Crippen LogP contribution in [0.15, 0.2) is 40.9 Å². The van der Waals surface area contributed by atoms with Crippen LogP contribution in [0, 0.1) is 0 Å². The van der Waals surface area contributed by atoms with Crippen molar-refractivity contribution in [2.45, 2.75) is 19.4 Å². The molecule has 2 rings (SSSR count). The summed E-state index contributed by atoms with van der Waals surface area (Å²) in [6, 6.07) is 10.4. The summed E-state index contributed by atoms with van der Waals surface area (Å²) >= 11 is 6.41. The fourth-order valence-corrected chi connectivity index (χ4v) is 2.73. The Morgan fingerprint density at radius 1 is 1.26 bits per heavy atom. The second-order valence-corrected chi connectivity index (χ2v) is 5.58. The highest BCUT2D eigenvalue weighted by Gasteiger charge is 2.15. The fraction of sp³-hybridized carbons (Fsp3) is 0.467. The fourth-order valence-electron chi connectivity index (χ4n) is 2.34. The molecule has 1 N–H and O–H groups in total. The molecule has 1 aromatic rings. The van der Waals surface area contributed by atoms with Crippen LogP contribution in [0.4, 0.5) is 0 Å². The van der Waals surface area contributed by atoms with Crippen LogP contribution in [0.3, 0.4) is 0 Å². The first kappa shape index (κ1) is 14.5. The van der Waals surface area contributed by atoms with Crippen LogP contribution in [0.2, 0.25) is 0 Å². The molecule has 3 nitrogen and oxygen atoms in total. The van der Waals surface area contributed by atoms with E-state index in [1.165, 1.54) is 16.2 Å². The van der Waals surface area contributed by atoms with Gasteiger partial charge in [-0.3, -0.25) is 4.90 Å². The first-order chi connectivity index (χ1) is 9.15. The zero-order chi connectivity index (χ0) is 13.7. The van der Waals surface area contributed by atoms with Crippen LogP contribution in [0.25, 0.3) is 0 Å². The van der Waals surface area contributed by atoms with Gasteiger partial charge in [-0.25, -0.2) is 0 Å². The summed E-state index contributed by atoms with van der Waals surface area (Å²) in [5.41, 5.74) is 2.58. The van der Waals surface area contributed by atoms with E-state index in [1.807, 2.05) is 6.07 Å². The van der Waals surface area contributed by atoms with E-state index in [4.69, 9.17) is 11.6 Å². The van der Waals surface area contributed by atoms with Gasteiger partial charge in [-0.2, -0.15) is 5.06 Å². The van der Waals surface area contributed by atoms with Crippen LogP contribution in [0.1, 0.15) is 18.4 Å². The van der Waals surface area contributed by atoms with Gasteiger partial charge in [0, 0.05) is 31.2 Å². The van der Waals surface area contributed by atoms with E-state index < -0.39 is 0 Å². The molecule has 1 aliphatic rings. The number of halogens is 1.